The molecule has 0 fully saturated rings. The molecule has 0 heterocycles. The van der Waals surface area contributed by atoms with Gasteiger partial charge in [-0.2, -0.15) is 10.5 Å². The van der Waals surface area contributed by atoms with E-state index in [1.54, 1.807) is 30.5 Å². The van der Waals surface area contributed by atoms with Crippen LogP contribution in [0.25, 0.3) is 0 Å². The maximum absolute atomic E-state index is 12.4. The van der Waals surface area contributed by atoms with Crippen molar-refractivity contribution in [2.75, 3.05) is 18.4 Å². The molecule has 1 N–H and O–H groups in total. The van der Waals surface area contributed by atoms with Crippen molar-refractivity contribution in [2.45, 2.75) is 39.5 Å². The molecule has 1 aromatic carbocycles. The van der Waals surface area contributed by atoms with Crippen molar-refractivity contribution in [1.82, 2.24) is 4.90 Å². The molecule has 24 heavy (non-hydrogen) atoms. The quantitative estimate of drug-likeness (QED) is 0.553. The minimum atomic E-state index is -0.488. The van der Waals surface area contributed by atoms with Crippen LogP contribution < -0.4 is 5.32 Å². The van der Waals surface area contributed by atoms with Gasteiger partial charge in [-0.25, -0.2) is 0 Å². The van der Waals surface area contributed by atoms with E-state index >= 15 is 0 Å². The van der Waals surface area contributed by atoms with Gasteiger partial charge < -0.3 is 10.2 Å². The number of hydrogen-bond acceptors (Lipinski definition) is 4. The van der Waals surface area contributed by atoms with Crippen LogP contribution in [0.4, 0.5) is 5.69 Å². The zero-order valence-corrected chi connectivity index (χ0v) is 14.4. The molecule has 0 saturated carbocycles. The first-order chi connectivity index (χ1) is 11.7. The summed E-state index contributed by atoms with van der Waals surface area (Å²) < 4.78 is 0. The molecular weight excluding hydrogens is 300 g/mol. The van der Waals surface area contributed by atoms with Crippen LogP contribution >= 0.6 is 0 Å². The number of rotatable bonds is 9. The molecule has 0 aromatic heterocycles. The van der Waals surface area contributed by atoms with Crippen LogP contribution in [-0.2, 0) is 4.79 Å². The zero-order chi connectivity index (χ0) is 17.8. The number of nitriles is 2. The fraction of sp³-hybridized carbons (Fsp3) is 0.421. The van der Waals surface area contributed by atoms with E-state index in [9.17, 15) is 10.1 Å². The molecule has 0 aliphatic heterocycles. The normalized spacial score (nSPS) is 10.6. The van der Waals surface area contributed by atoms with Crippen LogP contribution in [0.1, 0.15) is 45.1 Å². The number of para-hydroxylation sites is 1. The molecule has 0 saturated heterocycles. The lowest BCUT2D eigenvalue weighted by Crippen LogP contribution is -2.23. The van der Waals surface area contributed by atoms with Crippen LogP contribution in [-0.4, -0.2) is 23.9 Å². The molecule has 126 valence electrons. The van der Waals surface area contributed by atoms with Crippen molar-refractivity contribution in [1.29, 1.82) is 10.5 Å². The van der Waals surface area contributed by atoms with Crippen LogP contribution in [0, 0.1) is 22.7 Å². The van der Waals surface area contributed by atoms with Crippen LogP contribution in [0.15, 0.2) is 36.0 Å². The van der Waals surface area contributed by atoms with Gasteiger partial charge in [0.2, 0.25) is 0 Å². The summed E-state index contributed by atoms with van der Waals surface area (Å²) in [5.41, 5.74) is 0.840. The average Bonchev–Trinajstić information content (AvgIpc) is 2.61. The van der Waals surface area contributed by atoms with Gasteiger partial charge in [0.25, 0.3) is 5.91 Å². The second-order valence-corrected chi connectivity index (χ2v) is 5.51. The van der Waals surface area contributed by atoms with Crippen molar-refractivity contribution in [3.63, 3.8) is 0 Å². The fourth-order valence-corrected chi connectivity index (χ4v) is 2.16. The average molecular weight is 324 g/mol. The van der Waals surface area contributed by atoms with Gasteiger partial charge in [-0.3, -0.25) is 4.79 Å². The maximum atomic E-state index is 12.4. The summed E-state index contributed by atoms with van der Waals surface area (Å²) in [7, 11) is 0. The summed E-state index contributed by atoms with van der Waals surface area (Å²) in [6.07, 6.45) is 5.77. The van der Waals surface area contributed by atoms with Crippen molar-refractivity contribution in [2.24, 2.45) is 0 Å². The molecule has 0 aliphatic carbocycles. The number of anilines is 1. The summed E-state index contributed by atoms with van der Waals surface area (Å²) in [6, 6.07) is 10.7. The fourth-order valence-electron chi connectivity index (χ4n) is 2.16. The van der Waals surface area contributed by atoms with Crippen LogP contribution in [0.2, 0.25) is 0 Å². The van der Waals surface area contributed by atoms with Gasteiger partial charge in [0.05, 0.1) is 11.3 Å². The Morgan fingerprint density at radius 1 is 1.17 bits per heavy atom. The van der Waals surface area contributed by atoms with E-state index in [0.717, 1.165) is 38.8 Å². The molecule has 5 nitrogen and oxygen atoms in total. The molecule has 0 bridgehead atoms. The predicted octanol–water partition coefficient (Wildman–Crippen LogP) is 3.81. The number of hydrogen-bond donors (Lipinski definition) is 1. The Morgan fingerprint density at radius 3 is 2.33 bits per heavy atom. The van der Waals surface area contributed by atoms with Crippen LogP contribution in [0.3, 0.4) is 0 Å². The second-order valence-electron chi connectivity index (χ2n) is 5.51. The highest BCUT2D eigenvalue weighted by Crippen LogP contribution is 2.15. The Labute approximate surface area is 144 Å². The highest BCUT2D eigenvalue weighted by atomic mass is 16.1. The van der Waals surface area contributed by atoms with Crippen molar-refractivity contribution in [3.8, 4) is 12.1 Å². The van der Waals surface area contributed by atoms with Gasteiger partial charge in [0.1, 0.15) is 17.7 Å². The van der Waals surface area contributed by atoms with Gasteiger partial charge in [-0.05, 0) is 25.0 Å². The molecule has 0 spiro atoms. The topological polar surface area (TPSA) is 79.9 Å². The molecule has 5 heteroatoms. The van der Waals surface area contributed by atoms with Gasteiger partial charge in [-0.15, -0.1) is 0 Å². The lowest BCUT2D eigenvalue weighted by molar-refractivity contribution is -0.112. The van der Waals surface area contributed by atoms with E-state index in [4.69, 9.17) is 5.26 Å². The van der Waals surface area contributed by atoms with E-state index in [2.05, 4.69) is 19.2 Å². The van der Waals surface area contributed by atoms with E-state index < -0.39 is 5.91 Å². The Hall–Kier alpha value is -2.79. The summed E-state index contributed by atoms with van der Waals surface area (Å²) in [5, 5.41) is 21.1. The first-order valence-electron chi connectivity index (χ1n) is 8.32. The van der Waals surface area contributed by atoms with E-state index in [-0.39, 0.29) is 5.57 Å². The number of amides is 1. The smallest absolute Gasteiger partial charge is 0.267 e. The number of carbonyl (C=O) groups excluding carboxylic acids is 1. The maximum Gasteiger partial charge on any atom is 0.267 e. The van der Waals surface area contributed by atoms with E-state index in [1.807, 2.05) is 17.0 Å². The van der Waals surface area contributed by atoms with E-state index in [1.165, 1.54) is 0 Å². The first-order valence-corrected chi connectivity index (χ1v) is 8.32. The van der Waals surface area contributed by atoms with E-state index in [0.29, 0.717) is 11.3 Å². The summed E-state index contributed by atoms with van der Waals surface area (Å²) >= 11 is 0. The van der Waals surface area contributed by atoms with Gasteiger partial charge >= 0.3 is 0 Å². The second kappa shape index (κ2) is 10.9. The number of benzene rings is 1. The summed E-state index contributed by atoms with van der Waals surface area (Å²) in [4.78, 5) is 14.4. The molecule has 0 aliphatic rings. The predicted molar refractivity (Wildman–Crippen MR) is 94.9 cm³/mol. The number of nitrogens with one attached hydrogen (secondary N) is 1. The third-order valence-corrected chi connectivity index (χ3v) is 3.57. The lowest BCUT2D eigenvalue weighted by Gasteiger charge is -2.20. The minimum Gasteiger partial charge on any atom is -0.376 e. The Kier molecular flexibility index (Phi) is 8.71. The summed E-state index contributed by atoms with van der Waals surface area (Å²) in [5.74, 6) is -0.488. The van der Waals surface area contributed by atoms with Crippen LogP contribution in [0.5, 0.6) is 0 Å². The Balaban J connectivity index is 2.90. The molecular formula is C19H24N4O. The first kappa shape index (κ1) is 19.3. The Bertz CT molecular complexity index is 644. The molecule has 0 atom stereocenters. The number of unbranched alkanes of at least 4 members (excludes halogenated alkanes) is 2. The molecule has 0 radical (unpaired) electrons. The highest BCUT2D eigenvalue weighted by molar-refractivity contribution is 6.07. The SMILES string of the molecule is CCCCN(/C=C(/C#N)C(=O)Nc1ccccc1C#N)CCCC. The highest BCUT2D eigenvalue weighted by Gasteiger charge is 2.13. The van der Waals surface area contributed by atoms with Crippen molar-refractivity contribution in [3.05, 3.63) is 41.6 Å². The zero-order valence-electron chi connectivity index (χ0n) is 14.4. The van der Waals surface area contributed by atoms with Crippen molar-refractivity contribution < 1.29 is 4.79 Å². The Morgan fingerprint density at radius 2 is 1.79 bits per heavy atom. The molecule has 1 rings (SSSR count). The minimum absolute atomic E-state index is 0.0509. The molecule has 0 unspecified atom stereocenters. The number of carbonyl (C=O) groups is 1. The third kappa shape index (κ3) is 6.14. The van der Waals surface area contributed by atoms with Gasteiger partial charge in [0.15, 0.2) is 0 Å². The standard InChI is InChI=1S/C19H24N4O/c1-3-5-11-23(12-6-4-2)15-17(14-21)19(24)22-18-10-8-7-9-16(18)13-20/h7-10,15H,3-6,11-12H2,1-2H3,(H,22,24)/b17-15-. The van der Waals surface area contributed by atoms with Gasteiger partial charge in [0, 0.05) is 19.3 Å². The largest absolute Gasteiger partial charge is 0.376 e. The van der Waals surface area contributed by atoms with Gasteiger partial charge in [-0.1, -0.05) is 38.8 Å². The number of nitrogens with zero attached hydrogens (tertiary/aromatic N) is 3. The molecule has 1 aromatic rings. The molecule has 1 amide bonds. The monoisotopic (exact) mass is 324 g/mol. The third-order valence-electron chi connectivity index (χ3n) is 3.57. The summed E-state index contributed by atoms with van der Waals surface area (Å²) in [6.45, 7) is 5.87. The van der Waals surface area contributed by atoms with Crippen molar-refractivity contribution >= 4 is 11.6 Å². The lowest BCUT2D eigenvalue weighted by atomic mass is 10.2.